The van der Waals surface area contributed by atoms with Gasteiger partial charge in [-0.3, -0.25) is 29.4 Å². The summed E-state index contributed by atoms with van der Waals surface area (Å²) in [6.07, 6.45) is 5.87. The Kier molecular flexibility index (Phi) is 10.5. The van der Waals surface area contributed by atoms with Gasteiger partial charge in [0.1, 0.15) is 17.6 Å². The molecule has 57 heavy (non-hydrogen) atoms. The summed E-state index contributed by atoms with van der Waals surface area (Å²) in [5.74, 6) is -0.815. The molecule has 2 aromatic carbocycles. The number of anilines is 1. The summed E-state index contributed by atoms with van der Waals surface area (Å²) in [6, 6.07) is 11.6. The van der Waals surface area contributed by atoms with Gasteiger partial charge >= 0.3 is 6.03 Å². The summed E-state index contributed by atoms with van der Waals surface area (Å²) in [7, 11) is 1.93. The number of piperazine rings is 1. The van der Waals surface area contributed by atoms with E-state index in [2.05, 4.69) is 25.3 Å². The number of nitrogens with zero attached hydrogens (tertiary/aromatic N) is 6. The first-order valence-corrected chi connectivity index (χ1v) is 20.1. The lowest BCUT2D eigenvalue weighted by Crippen LogP contribution is -2.62. The van der Waals surface area contributed by atoms with Crippen molar-refractivity contribution >= 4 is 41.0 Å². The minimum absolute atomic E-state index is 0.0322. The molecule has 0 spiro atoms. The van der Waals surface area contributed by atoms with Gasteiger partial charge in [0.05, 0.1) is 22.9 Å². The van der Waals surface area contributed by atoms with E-state index < -0.39 is 29.7 Å². The van der Waals surface area contributed by atoms with Gasteiger partial charge in [0.15, 0.2) is 0 Å². The van der Waals surface area contributed by atoms with Crippen LogP contribution in [0.2, 0.25) is 0 Å². The number of piperidine rings is 3. The number of nitrogens with two attached hydrogens (primary N) is 2. The molecule has 0 saturated carbocycles. The van der Waals surface area contributed by atoms with Crippen molar-refractivity contribution in [3.63, 3.8) is 0 Å². The van der Waals surface area contributed by atoms with E-state index in [4.69, 9.17) is 11.5 Å². The van der Waals surface area contributed by atoms with Crippen LogP contribution in [0.1, 0.15) is 64.8 Å². The molecule has 16 nitrogen and oxygen atoms in total. The molecule has 6 aliphatic heterocycles. The van der Waals surface area contributed by atoms with Gasteiger partial charge in [-0.1, -0.05) is 12.1 Å². The fourth-order valence-corrected chi connectivity index (χ4v) is 9.36. The number of likely N-dealkylation sites (tertiary alicyclic amines) is 1. The number of imide groups is 2. The second-order valence-corrected chi connectivity index (χ2v) is 16.1. The second kappa shape index (κ2) is 15.6. The number of hydrogen-bond acceptors (Lipinski definition) is 12. The van der Waals surface area contributed by atoms with E-state index in [9.17, 15) is 29.1 Å². The molecule has 0 bridgehead atoms. The summed E-state index contributed by atoms with van der Waals surface area (Å²) in [6.45, 7) is 6.93. The Labute approximate surface area is 332 Å². The molecule has 2 atom stereocenters. The molecular weight excluding hydrogens is 729 g/mol. The van der Waals surface area contributed by atoms with Crippen molar-refractivity contribution in [1.29, 1.82) is 0 Å². The number of amides is 6. The zero-order valence-electron chi connectivity index (χ0n) is 32.4. The maximum atomic E-state index is 13.8. The van der Waals surface area contributed by atoms with Gasteiger partial charge in [0.25, 0.3) is 11.8 Å². The number of fused-ring (bicyclic) bond motifs is 2. The number of phenols is 1. The van der Waals surface area contributed by atoms with Crippen molar-refractivity contribution in [2.24, 2.45) is 17.4 Å². The second-order valence-electron chi connectivity index (χ2n) is 16.1. The molecule has 0 aromatic heterocycles. The van der Waals surface area contributed by atoms with E-state index in [1.807, 2.05) is 29.0 Å². The minimum Gasteiger partial charge on any atom is -0.507 e. The van der Waals surface area contributed by atoms with Crippen molar-refractivity contribution < 1.29 is 29.1 Å². The van der Waals surface area contributed by atoms with Crippen LogP contribution in [0.25, 0.3) is 5.70 Å². The minimum atomic E-state index is -0.976. The molecule has 6 aliphatic rings. The molecule has 7 N–H and O–H groups in total. The topological polar surface area (TPSA) is 201 Å². The highest BCUT2D eigenvalue weighted by Gasteiger charge is 2.45. The lowest BCUT2D eigenvalue weighted by molar-refractivity contribution is -0.136. The van der Waals surface area contributed by atoms with Crippen molar-refractivity contribution in [3.05, 3.63) is 76.7 Å². The SMILES string of the molecule is CN(C(=O)N1CCN2C(/C=C(\N)c3ccccc3O)=C(N)NCC2C1)C1CCN(CC2CCN(c3ccc4c(c3)C(=O)N(C3CCC(=O)NC3=O)C4=O)CC2)CC1. The summed E-state index contributed by atoms with van der Waals surface area (Å²) in [4.78, 5) is 76.2. The zero-order chi connectivity index (χ0) is 40.0. The summed E-state index contributed by atoms with van der Waals surface area (Å²) in [5.41, 5.74) is 16.0. The quantitative estimate of drug-likeness (QED) is 0.252. The van der Waals surface area contributed by atoms with Crippen LogP contribution in [0.4, 0.5) is 10.5 Å². The molecule has 4 saturated heterocycles. The van der Waals surface area contributed by atoms with E-state index in [1.54, 1.807) is 36.4 Å². The van der Waals surface area contributed by atoms with Crippen LogP contribution in [0.5, 0.6) is 5.75 Å². The fourth-order valence-electron chi connectivity index (χ4n) is 9.36. The number of carbonyl (C=O) groups is 5. The standard InChI is InChI=1S/C41H52N10O6/c1-46(41(57)49-18-19-50-28(24-49)22-44-37(43)34(50)21-32(42)30-4-2-3-5-35(30)52)26-12-14-47(15-13-26)23-25-10-16-48(17-11-25)27-6-7-29-31(20-27)40(56)51(39(29)55)33-8-9-36(53)45-38(33)54/h2-7,20-21,25-26,28,33,44,52H,8-19,22-24,42-43H2,1H3,(H,45,53,54)/b32-21-. The number of nitrogens with one attached hydrogen (secondary N) is 2. The molecule has 16 heteroatoms. The maximum absolute atomic E-state index is 13.8. The number of rotatable bonds is 7. The molecule has 2 aromatic rings. The maximum Gasteiger partial charge on any atom is 0.320 e. The first-order valence-electron chi connectivity index (χ1n) is 20.1. The summed E-state index contributed by atoms with van der Waals surface area (Å²) >= 11 is 0. The Hall–Kier alpha value is -5.77. The third-order valence-electron chi connectivity index (χ3n) is 12.7. The summed E-state index contributed by atoms with van der Waals surface area (Å²) < 4.78 is 0. The Morgan fingerprint density at radius 3 is 2.40 bits per heavy atom. The van der Waals surface area contributed by atoms with Crippen LogP contribution in [0.3, 0.4) is 0 Å². The van der Waals surface area contributed by atoms with Crippen LogP contribution in [-0.2, 0) is 9.59 Å². The molecule has 8 rings (SSSR count). The van der Waals surface area contributed by atoms with Crippen molar-refractivity contribution in [3.8, 4) is 5.75 Å². The van der Waals surface area contributed by atoms with E-state index >= 15 is 0 Å². The van der Waals surface area contributed by atoms with Gasteiger partial charge in [0, 0.05) is 95.4 Å². The van der Waals surface area contributed by atoms with E-state index in [-0.39, 0.29) is 36.7 Å². The predicted molar refractivity (Wildman–Crippen MR) is 212 cm³/mol. The molecule has 0 aliphatic carbocycles. The highest BCUT2D eigenvalue weighted by Crippen LogP contribution is 2.33. The Bertz CT molecular complexity index is 2020. The van der Waals surface area contributed by atoms with Gasteiger partial charge in [0.2, 0.25) is 11.8 Å². The van der Waals surface area contributed by atoms with Gasteiger partial charge in [-0.2, -0.15) is 0 Å². The Balaban J connectivity index is 0.793. The fraction of sp³-hybridized carbons (Fsp3) is 0.488. The van der Waals surface area contributed by atoms with E-state index in [0.717, 1.165) is 74.7 Å². The molecular formula is C41H52N10O6. The van der Waals surface area contributed by atoms with Crippen LogP contribution in [-0.4, -0.2) is 143 Å². The highest BCUT2D eigenvalue weighted by atomic mass is 16.3. The number of hydrogen-bond donors (Lipinski definition) is 5. The van der Waals surface area contributed by atoms with E-state index in [0.29, 0.717) is 60.3 Å². The number of urea groups is 1. The smallest absolute Gasteiger partial charge is 0.320 e. The van der Waals surface area contributed by atoms with Crippen LogP contribution < -0.4 is 27.0 Å². The van der Waals surface area contributed by atoms with Crippen molar-refractivity contribution in [2.45, 2.75) is 56.7 Å². The Morgan fingerprint density at radius 1 is 0.930 bits per heavy atom. The predicted octanol–water partition coefficient (Wildman–Crippen LogP) is 1.24. The molecule has 0 radical (unpaired) electrons. The normalized spacial score (nSPS) is 24.1. The molecule has 302 valence electrons. The van der Waals surface area contributed by atoms with Gasteiger partial charge in [-0.05, 0) is 74.4 Å². The zero-order valence-corrected chi connectivity index (χ0v) is 32.4. The van der Waals surface area contributed by atoms with Gasteiger partial charge in [-0.15, -0.1) is 0 Å². The molecule has 4 fully saturated rings. The first kappa shape index (κ1) is 38.1. The number of para-hydroxylation sites is 1. The van der Waals surface area contributed by atoms with Crippen LogP contribution in [0.15, 0.2) is 60.1 Å². The van der Waals surface area contributed by atoms with Crippen LogP contribution >= 0.6 is 0 Å². The lowest BCUT2D eigenvalue weighted by atomic mass is 9.94. The first-order chi connectivity index (χ1) is 27.5. The molecule has 2 unspecified atom stereocenters. The van der Waals surface area contributed by atoms with Crippen LogP contribution in [0, 0.1) is 5.92 Å². The number of allylic oxidation sites excluding steroid dienone is 1. The van der Waals surface area contributed by atoms with Crippen molar-refractivity contribution in [1.82, 2.24) is 35.1 Å². The van der Waals surface area contributed by atoms with Gasteiger partial charge in [-0.25, -0.2) is 4.79 Å². The van der Waals surface area contributed by atoms with Gasteiger partial charge < -0.3 is 46.4 Å². The lowest BCUT2D eigenvalue weighted by Gasteiger charge is -2.47. The molecule has 6 heterocycles. The number of aromatic hydroxyl groups is 1. The Morgan fingerprint density at radius 2 is 1.67 bits per heavy atom. The summed E-state index contributed by atoms with van der Waals surface area (Å²) in [5, 5.41) is 15.8. The molecule has 6 amide bonds. The third-order valence-corrected chi connectivity index (χ3v) is 12.7. The highest BCUT2D eigenvalue weighted by molar-refractivity contribution is 6.23. The van der Waals surface area contributed by atoms with Crippen molar-refractivity contribution in [2.75, 3.05) is 70.9 Å². The number of benzene rings is 2. The average Bonchev–Trinajstić information content (AvgIpc) is 3.46. The largest absolute Gasteiger partial charge is 0.507 e. The number of phenolic OH excluding ortho intramolecular Hbond substituents is 1. The average molecular weight is 781 g/mol. The monoisotopic (exact) mass is 780 g/mol. The number of carbonyl (C=O) groups excluding carboxylic acids is 5. The third kappa shape index (κ3) is 7.45. The van der Waals surface area contributed by atoms with E-state index in [1.165, 1.54) is 0 Å².